The van der Waals surface area contributed by atoms with E-state index in [1.54, 1.807) is 0 Å². The van der Waals surface area contributed by atoms with Crippen LogP contribution in [0.1, 0.15) is 18.9 Å². The van der Waals surface area contributed by atoms with Crippen molar-refractivity contribution in [1.82, 2.24) is 5.32 Å². The number of hydrogen-bond acceptors (Lipinski definition) is 0. The van der Waals surface area contributed by atoms with Crippen molar-refractivity contribution in [2.75, 3.05) is 13.1 Å². The average molecular weight is 172 g/mol. The van der Waals surface area contributed by atoms with Crippen LogP contribution in [-0.2, 0) is 0 Å². The topological polar surface area (TPSA) is 14.1 Å². The van der Waals surface area contributed by atoms with E-state index in [0.29, 0.717) is 0 Å². The molecule has 0 spiro atoms. The highest BCUT2D eigenvalue weighted by molar-refractivity contribution is 5.69. The van der Waals surface area contributed by atoms with Crippen molar-refractivity contribution in [2.45, 2.75) is 13.3 Å². The molecule has 1 aromatic carbocycles. The zero-order valence-corrected chi connectivity index (χ0v) is 7.96. The Balaban J connectivity index is 2.35. The minimum absolute atomic E-state index is 0.921. The predicted octanol–water partition coefficient (Wildman–Crippen LogP) is 2.47. The second kappa shape index (κ2) is 3.75. The molecule has 1 aliphatic rings. The van der Waals surface area contributed by atoms with E-state index >= 15 is 0 Å². The third kappa shape index (κ3) is 1.81. The Kier molecular flexibility index (Phi) is 2.46. The van der Waals surface area contributed by atoms with Crippen molar-refractivity contribution >= 4 is 5.57 Å². The molecule has 0 fully saturated rings. The largest absolute Gasteiger partial charge is 0.237 e. The molecule has 0 amide bonds. The van der Waals surface area contributed by atoms with Gasteiger partial charge in [-0.3, -0.25) is 0 Å². The zero-order chi connectivity index (χ0) is 9.10. The Morgan fingerprint density at radius 1 is 1.15 bits per heavy atom. The lowest BCUT2D eigenvalue weighted by Crippen LogP contribution is -2.16. The molecule has 1 heterocycles. The molecule has 0 bridgehead atoms. The van der Waals surface area contributed by atoms with Gasteiger partial charge in [-0.25, -0.2) is 5.32 Å². The van der Waals surface area contributed by atoms with Crippen molar-refractivity contribution < 1.29 is 0 Å². The van der Waals surface area contributed by atoms with Gasteiger partial charge in [-0.1, -0.05) is 35.9 Å². The molecule has 1 nitrogen and oxygen atoms in total. The highest BCUT2D eigenvalue weighted by Crippen LogP contribution is 2.23. The average Bonchev–Trinajstić information content (AvgIpc) is 2.20. The maximum atomic E-state index is 4.38. The van der Waals surface area contributed by atoms with Crippen LogP contribution in [0.2, 0.25) is 0 Å². The summed E-state index contributed by atoms with van der Waals surface area (Å²) in [5.41, 5.74) is 4.29. The van der Waals surface area contributed by atoms with Crippen LogP contribution in [0.4, 0.5) is 0 Å². The fraction of sp³-hybridized carbons (Fsp3) is 0.333. The normalized spacial score (nSPS) is 17.6. The summed E-state index contributed by atoms with van der Waals surface area (Å²) in [6.45, 7) is 4.09. The van der Waals surface area contributed by atoms with Crippen LogP contribution < -0.4 is 5.32 Å². The second-order valence-corrected chi connectivity index (χ2v) is 3.48. The number of hydrogen-bond donors (Lipinski definition) is 0. The van der Waals surface area contributed by atoms with Gasteiger partial charge in [-0.2, -0.15) is 0 Å². The first-order valence-corrected chi connectivity index (χ1v) is 4.75. The summed E-state index contributed by atoms with van der Waals surface area (Å²) in [6.07, 6.45) is 1.11. The van der Waals surface area contributed by atoms with Gasteiger partial charge in [0, 0.05) is 13.1 Å². The number of nitrogens with zero attached hydrogens (tertiary/aromatic N) is 1. The van der Waals surface area contributed by atoms with Gasteiger partial charge in [0.25, 0.3) is 0 Å². The van der Waals surface area contributed by atoms with Crippen LogP contribution in [0.5, 0.6) is 0 Å². The molecule has 0 aliphatic carbocycles. The Morgan fingerprint density at radius 3 is 2.62 bits per heavy atom. The predicted molar refractivity (Wildman–Crippen MR) is 55.5 cm³/mol. The van der Waals surface area contributed by atoms with Gasteiger partial charge in [0.1, 0.15) is 0 Å². The van der Waals surface area contributed by atoms with E-state index in [2.05, 4.69) is 42.6 Å². The van der Waals surface area contributed by atoms with Gasteiger partial charge < -0.3 is 0 Å². The standard InChI is InChI=1S/C12H14N/c1-10-9-13-8-7-12(10)11-5-3-2-4-6-11/h2-6H,7-9H2,1H3. The van der Waals surface area contributed by atoms with Crippen LogP contribution in [0.3, 0.4) is 0 Å². The first-order valence-electron chi connectivity index (χ1n) is 4.75. The third-order valence-electron chi connectivity index (χ3n) is 2.51. The molecule has 0 saturated heterocycles. The van der Waals surface area contributed by atoms with Gasteiger partial charge in [-0.15, -0.1) is 0 Å². The van der Waals surface area contributed by atoms with Gasteiger partial charge in [0.2, 0.25) is 0 Å². The molecule has 2 rings (SSSR count). The first kappa shape index (κ1) is 8.52. The molecule has 1 radical (unpaired) electrons. The lowest BCUT2D eigenvalue weighted by molar-refractivity contribution is 0.699. The van der Waals surface area contributed by atoms with Crippen molar-refractivity contribution in [1.29, 1.82) is 0 Å². The van der Waals surface area contributed by atoms with Crippen molar-refractivity contribution in [2.24, 2.45) is 0 Å². The molecule has 1 aromatic rings. The molecule has 0 aromatic heterocycles. The van der Waals surface area contributed by atoms with Crippen molar-refractivity contribution in [3.05, 3.63) is 41.5 Å². The van der Waals surface area contributed by atoms with Gasteiger partial charge >= 0.3 is 0 Å². The summed E-state index contributed by atoms with van der Waals surface area (Å²) >= 11 is 0. The molecule has 67 valence electrons. The van der Waals surface area contributed by atoms with E-state index in [4.69, 9.17) is 0 Å². The minimum Gasteiger partial charge on any atom is -0.237 e. The molecule has 1 heteroatoms. The fourth-order valence-electron chi connectivity index (χ4n) is 1.78. The number of benzene rings is 1. The summed E-state index contributed by atoms with van der Waals surface area (Å²) in [5.74, 6) is 0. The van der Waals surface area contributed by atoms with Gasteiger partial charge in [-0.05, 0) is 24.5 Å². The fourth-order valence-corrected chi connectivity index (χ4v) is 1.78. The summed E-state index contributed by atoms with van der Waals surface area (Å²) in [4.78, 5) is 0. The molecule has 0 unspecified atom stereocenters. The van der Waals surface area contributed by atoms with E-state index < -0.39 is 0 Å². The van der Waals surface area contributed by atoms with Crippen molar-refractivity contribution in [3.8, 4) is 0 Å². The maximum absolute atomic E-state index is 4.38. The molecule has 0 saturated carbocycles. The monoisotopic (exact) mass is 172 g/mol. The summed E-state index contributed by atoms with van der Waals surface area (Å²) < 4.78 is 0. The Bertz CT molecular complexity index is 311. The lowest BCUT2D eigenvalue weighted by Gasteiger charge is -2.17. The summed E-state index contributed by atoms with van der Waals surface area (Å²) in [7, 11) is 0. The summed E-state index contributed by atoms with van der Waals surface area (Å²) in [5, 5.41) is 4.38. The molecule has 1 aliphatic heterocycles. The lowest BCUT2D eigenvalue weighted by atomic mass is 9.95. The van der Waals surface area contributed by atoms with Crippen LogP contribution in [-0.4, -0.2) is 13.1 Å². The van der Waals surface area contributed by atoms with E-state index in [1.807, 2.05) is 0 Å². The Morgan fingerprint density at radius 2 is 1.92 bits per heavy atom. The Labute approximate surface area is 79.5 Å². The smallest absolute Gasteiger partial charge is 0.0347 e. The van der Waals surface area contributed by atoms with E-state index in [1.165, 1.54) is 16.7 Å². The molecule has 13 heavy (non-hydrogen) atoms. The van der Waals surface area contributed by atoms with Crippen LogP contribution in [0.25, 0.3) is 5.57 Å². The minimum atomic E-state index is 0.921. The first-order chi connectivity index (χ1) is 6.38. The van der Waals surface area contributed by atoms with Crippen LogP contribution >= 0.6 is 0 Å². The maximum Gasteiger partial charge on any atom is 0.0347 e. The highest BCUT2D eigenvalue weighted by Gasteiger charge is 2.10. The quantitative estimate of drug-likeness (QED) is 0.618. The van der Waals surface area contributed by atoms with E-state index in [-0.39, 0.29) is 0 Å². The van der Waals surface area contributed by atoms with Gasteiger partial charge in [0.15, 0.2) is 0 Å². The second-order valence-electron chi connectivity index (χ2n) is 3.48. The number of rotatable bonds is 1. The van der Waals surface area contributed by atoms with Gasteiger partial charge in [0.05, 0.1) is 0 Å². The van der Waals surface area contributed by atoms with E-state index in [0.717, 1.165) is 19.5 Å². The SMILES string of the molecule is CC1=C(c2ccccc2)CC[N]C1. The highest BCUT2D eigenvalue weighted by atomic mass is 14.9. The molecule has 0 N–H and O–H groups in total. The molecular weight excluding hydrogens is 158 g/mol. The summed E-state index contributed by atoms with van der Waals surface area (Å²) in [6, 6.07) is 10.6. The van der Waals surface area contributed by atoms with Crippen molar-refractivity contribution in [3.63, 3.8) is 0 Å². The molecular formula is C12H14N. The third-order valence-corrected chi connectivity index (χ3v) is 2.51. The van der Waals surface area contributed by atoms with E-state index in [9.17, 15) is 0 Å². The van der Waals surface area contributed by atoms with Crippen LogP contribution in [0.15, 0.2) is 35.9 Å². The van der Waals surface area contributed by atoms with Crippen LogP contribution in [0, 0.1) is 0 Å². The molecule has 0 atom stereocenters. The zero-order valence-electron chi connectivity index (χ0n) is 7.96. The Hall–Kier alpha value is -1.08.